The fraction of sp³-hybridized carbons (Fsp3) is 0.294. The summed E-state index contributed by atoms with van der Waals surface area (Å²) < 4.78 is 0. The number of amides is 1. The van der Waals surface area contributed by atoms with Gasteiger partial charge in [-0.15, -0.1) is 0 Å². The van der Waals surface area contributed by atoms with Crippen LogP contribution < -0.4 is 10.6 Å². The summed E-state index contributed by atoms with van der Waals surface area (Å²) in [5, 5.41) is 6.19. The molecule has 0 aliphatic heterocycles. The topological polar surface area (TPSA) is 54.0 Å². The van der Waals surface area contributed by atoms with Gasteiger partial charge in [-0.3, -0.25) is 9.78 Å². The molecule has 1 amide bonds. The summed E-state index contributed by atoms with van der Waals surface area (Å²) in [5.41, 5.74) is 4.45. The third-order valence-electron chi connectivity index (χ3n) is 3.26. The Balaban J connectivity index is 2.20. The molecule has 0 fully saturated rings. The molecule has 0 spiro atoms. The third-order valence-corrected chi connectivity index (χ3v) is 3.26. The van der Waals surface area contributed by atoms with Crippen LogP contribution in [0.3, 0.4) is 0 Å². The predicted octanol–water partition coefficient (Wildman–Crippen LogP) is 3.77. The number of aromatic nitrogens is 1. The van der Waals surface area contributed by atoms with Gasteiger partial charge >= 0.3 is 0 Å². The van der Waals surface area contributed by atoms with Crippen LogP contribution in [0.1, 0.15) is 34.8 Å². The number of carbonyl (C=O) groups is 1. The molecule has 21 heavy (non-hydrogen) atoms. The van der Waals surface area contributed by atoms with Gasteiger partial charge in [-0.1, -0.05) is 24.6 Å². The lowest BCUT2D eigenvalue weighted by atomic mass is 10.1. The number of pyridine rings is 1. The molecule has 0 radical (unpaired) electrons. The van der Waals surface area contributed by atoms with Crippen molar-refractivity contribution in [1.29, 1.82) is 0 Å². The molecule has 2 rings (SSSR count). The van der Waals surface area contributed by atoms with Crippen molar-refractivity contribution in [1.82, 2.24) is 4.98 Å². The van der Waals surface area contributed by atoms with Gasteiger partial charge in [-0.25, -0.2) is 0 Å². The van der Waals surface area contributed by atoms with Gasteiger partial charge in [0.1, 0.15) is 0 Å². The van der Waals surface area contributed by atoms with E-state index in [1.807, 2.05) is 26.0 Å². The van der Waals surface area contributed by atoms with E-state index in [9.17, 15) is 4.79 Å². The van der Waals surface area contributed by atoms with Crippen molar-refractivity contribution in [2.45, 2.75) is 27.2 Å². The summed E-state index contributed by atoms with van der Waals surface area (Å²) in [6.45, 7) is 6.92. The van der Waals surface area contributed by atoms with Crippen molar-refractivity contribution in [3.63, 3.8) is 0 Å². The molecule has 4 nitrogen and oxygen atoms in total. The zero-order valence-electron chi connectivity index (χ0n) is 12.7. The molecule has 110 valence electrons. The van der Waals surface area contributed by atoms with Crippen molar-refractivity contribution in [3.8, 4) is 0 Å². The normalized spacial score (nSPS) is 10.2. The first-order chi connectivity index (χ1) is 10.1. The van der Waals surface area contributed by atoms with E-state index in [1.54, 1.807) is 18.5 Å². The number of rotatable bonds is 5. The van der Waals surface area contributed by atoms with Crippen molar-refractivity contribution >= 4 is 17.3 Å². The molecule has 0 unspecified atom stereocenters. The molecule has 0 bridgehead atoms. The maximum Gasteiger partial charge on any atom is 0.257 e. The molecule has 2 N–H and O–H groups in total. The van der Waals surface area contributed by atoms with E-state index in [0.717, 1.165) is 29.9 Å². The summed E-state index contributed by atoms with van der Waals surface area (Å²) in [5.74, 6) is -0.122. The Morgan fingerprint density at radius 1 is 1.19 bits per heavy atom. The molecule has 2 aromatic rings. The Kier molecular flexibility index (Phi) is 4.93. The number of carbonyl (C=O) groups excluding carboxylic acids is 1. The maximum atomic E-state index is 12.5. The number of nitrogens with zero attached hydrogens (tertiary/aromatic N) is 1. The predicted molar refractivity (Wildman–Crippen MR) is 86.9 cm³/mol. The van der Waals surface area contributed by atoms with E-state index in [4.69, 9.17) is 0 Å². The highest BCUT2D eigenvalue weighted by molar-refractivity contribution is 6.08. The standard InChI is InChI=1S/C17H21N3O/c1-4-8-19-16-11-18-9-7-14(16)17(21)20-15-6-5-12(2)10-13(15)3/h5-7,9-11,19H,4,8H2,1-3H3,(H,20,21). The van der Waals surface area contributed by atoms with Crippen molar-refractivity contribution in [3.05, 3.63) is 53.3 Å². The van der Waals surface area contributed by atoms with Crippen LogP contribution in [-0.4, -0.2) is 17.4 Å². The van der Waals surface area contributed by atoms with Crippen molar-refractivity contribution in [2.24, 2.45) is 0 Å². The highest BCUT2D eigenvalue weighted by Gasteiger charge is 2.12. The number of hydrogen-bond acceptors (Lipinski definition) is 3. The highest BCUT2D eigenvalue weighted by atomic mass is 16.1. The van der Waals surface area contributed by atoms with Gasteiger partial charge in [0.15, 0.2) is 0 Å². The number of benzene rings is 1. The highest BCUT2D eigenvalue weighted by Crippen LogP contribution is 2.19. The second kappa shape index (κ2) is 6.88. The second-order valence-electron chi connectivity index (χ2n) is 5.12. The first kappa shape index (κ1) is 15.0. The summed E-state index contributed by atoms with van der Waals surface area (Å²) in [4.78, 5) is 16.5. The van der Waals surface area contributed by atoms with Gasteiger partial charge in [0, 0.05) is 18.4 Å². The fourth-order valence-corrected chi connectivity index (χ4v) is 2.14. The van der Waals surface area contributed by atoms with E-state index in [1.165, 1.54) is 5.56 Å². The van der Waals surface area contributed by atoms with Crippen LogP contribution in [0, 0.1) is 13.8 Å². The van der Waals surface area contributed by atoms with Crippen molar-refractivity contribution < 1.29 is 4.79 Å². The van der Waals surface area contributed by atoms with Crippen molar-refractivity contribution in [2.75, 3.05) is 17.2 Å². The average molecular weight is 283 g/mol. The lowest BCUT2D eigenvalue weighted by Gasteiger charge is -2.12. The first-order valence-electron chi connectivity index (χ1n) is 7.18. The molecule has 0 saturated heterocycles. The van der Waals surface area contributed by atoms with Crippen LogP contribution in [0.4, 0.5) is 11.4 Å². The first-order valence-corrected chi connectivity index (χ1v) is 7.18. The number of hydrogen-bond donors (Lipinski definition) is 2. The second-order valence-corrected chi connectivity index (χ2v) is 5.12. The Labute approximate surface area is 125 Å². The van der Waals surface area contributed by atoms with Gasteiger partial charge in [0.2, 0.25) is 0 Å². The molecule has 0 aliphatic carbocycles. The lowest BCUT2D eigenvalue weighted by Crippen LogP contribution is -2.16. The monoisotopic (exact) mass is 283 g/mol. The van der Waals surface area contributed by atoms with Crippen LogP contribution in [0.2, 0.25) is 0 Å². The minimum atomic E-state index is -0.122. The minimum Gasteiger partial charge on any atom is -0.383 e. The number of anilines is 2. The van der Waals surface area contributed by atoms with Crippen LogP contribution in [0.15, 0.2) is 36.7 Å². The molecule has 1 aromatic carbocycles. The van der Waals surface area contributed by atoms with Gasteiger partial charge in [0.05, 0.1) is 17.4 Å². The molecule has 1 heterocycles. The van der Waals surface area contributed by atoms with Gasteiger partial charge in [0.25, 0.3) is 5.91 Å². The number of aryl methyl sites for hydroxylation is 2. The smallest absolute Gasteiger partial charge is 0.257 e. The van der Waals surface area contributed by atoms with E-state index in [2.05, 4.69) is 28.6 Å². The largest absolute Gasteiger partial charge is 0.383 e. The molecular weight excluding hydrogens is 262 g/mol. The van der Waals surface area contributed by atoms with Gasteiger partial charge in [-0.2, -0.15) is 0 Å². The summed E-state index contributed by atoms with van der Waals surface area (Å²) in [7, 11) is 0. The Hall–Kier alpha value is -2.36. The Bertz CT molecular complexity index is 638. The molecule has 1 aromatic heterocycles. The zero-order valence-corrected chi connectivity index (χ0v) is 12.7. The Morgan fingerprint density at radius 2 is 2.00 bits per heavy atom. The van der Waals surface area contributed by atoms with E-state index >= 15 is 0 Å². The molecular formula is C17H21N3O. The van der Waals surface area contributed by atoms with Crippen LogP contribution in [-0.2, 0) is 0 Å². The van der Waals surface area contributed by atoms with Crippen LogP contribution in [0.25, 0.3) is 0 Å². The maximum absolute atomic E-state index is 12.5. The zero-order chi connectivity index (χ0) is 15.2. The van der Waals surface area contributed by atoms with E-state index in [-0.39, 0.29) is 5.91 Å². The SMILES string of the molecule is CCCNc1cnccc1C(=O)Nc1ccc(C)cc1C. The summed E-state index contributed by atoms with van der Waals surface area (Å²) in [6.07, 6.45) is 4.31. The van der Waals surface area contributed by atoms with Gasteiger partial charge < -0.3 is 10.6 Å². The van der Waals surface area contributed by atoms with Crippen LogP contribution >= 0.6 is 0 Å². The third kappa shape index (κ3) is 3.81. The van der Waals surface area contributed by atoms with E-state index < -0.39 is 0 Å². The quantitative estimate of drug-likeness (QED) is 0.878. The van der Waals surface area contributed by atoms with Gasteiger partial charge in [-0.05, 0) is 38.0 Å². The fourth-order valence-electron chi connectivity index (χ4n) is 2.14. The minimum absolute atomic E-state index is 0.122. The average Bonchev–Trinajstić information content (AvgIpc) is 2.48. The summed E-state index contributed by atoms with van der Waals surface area (Å²) in [6, 6.07) is 7.71. The lowest BCUT2D eigenvalue weighted by molar-refractivity contribution is 0.102. The summed E-state index contributed by atoms with van der Waals surface area (Å²) >= 11 is 0. The van der Waals surface area contributed by atoms with E-state index in [0.29, 0.717) is 5.56 Å². The number of nitrogens with one attached hydrogen (secondary N) is 2. The molecule has 0 aliphatic rings. The van der Waals surface area contributed by atoms with Crippen LogP contribution in [0.5, 0.6) is 0 Å². The molecule has 4 heteroatoms. The molecule has 0 atom stereocenters. The molecule has 0 saturated carbocycles. The Morgan fingerprint density at radius 3 is 2.71 bits per heavy atom.